The summed E-state index contributed by atoms with van der Waals surface area (Å²) in [4.78, 5) is 12.1. The van der Waals surface area contributed by atoms with Gasteiger partial charge in [0.25, 0.3) is 0 Å². The third-order valence-electron chi connectivity index (χ3n) is 8.22. The lowest BCUT2D eigenvalue weighted by Crippen LogP contribution is -2.52. The molecule has 0 aromatic rings. The number of hydrogen-bond donors (Lipinski definition) is 1. The fourth-order valence-corrected chi connectivity index (χ4v) is 6.87. The Kier molecular flexibility index (Phi) is 3.18. The summed E-state index contributed by atoms with van der Waals surface area (Å²) in [5.74, 6) is 2.73. The van der Waals surface area contributed by atoms with E-state index in [9.17, 15) is 9.90 Å². The number of allylic oxidation sites excluding steroid dienone is 1. The zero-order valence-corrected chi connectivity index (χ0v) is 14.3. The van der Waals surface area contributed by atoms with E-state index < -0.39 is 0 Å². The van der Waals surface area contributed by atoms with Crippen LogP contribution in [0.15, 0.2) is 11.6 Å². The van der Waals surface area contributed by atoms with Gasteiger partial charge in [-0.1, -0.05) is 26.3 Å². The van der Waals surface area contributed by atoms with Crippen LogP contribution in [0.1, 0.15) is 65.7 Å². The smallest absolute Gasteiger partial charge is 0.158 e. The molecule has 4 aliphatic rings. The number of fused-ring (bicyclic) bond motifs is 5. The van der Waals surface area contributed by atoms with Crippen molar-refractivity contribution < 1.29 is 9.90 Å². The molecule has 7 atom stereocenters. The molecule has 1 N–H and O–H groups in total. The van der Waals surface area contributed by atoms with Gasteiger partial charge in [-0.3, -0.25) is 4.79 Å². The first kappa shape index (κ1) is 14.9. The molecule has 2 heteroatoms. The van der Waals surface area contributed by atoms with Gasteiger partial charge in [-0.15, -0.1) is 0 Å². The maximum atomic E-state index is 12.1. The minimum Gasteiger partial charge on any atom is -0.393 e. The molecule has 2 nitrogen and oxygen atoms in total. The van der Waals surface area contributed by atoms with Gasteiger partial charge in [0.15, 0.2) is 5.78 Å². The van der Waals surface area contributed by atoms with Gasteiger partial charge in [0.2, 0.25) is 0 Å². The van der Waals surface area contributed by atoms with E-state index in [1.165, 1.54) is 31.3 Å². The highest BCUT2D eigenvalue weighted by atomic mass is 16.3. The minimum atomic E-state index is -0.0879. The second-order valence-corrected chi connectivity index (χ2v) is 9.15. The molecule has 0 heterocycles. The van der Waals surface area contributed by atoms with Gasteiger partial charge in [0.1, 0.15) is 0 Å². The Morgan fingerprint density at radius 1 is 1.14 bits per heavy atom. The first-order valence-electron chi connectivity index (χ1n) is 9.29. The van der Waals surface area contributed by atoms with Crippen LogP contribution < -0.4 is 0 Å². The molecule has 0 spiro atoms. The van der Waals surface area contributed by atoms with Gasteiger partial charge in [0.05, 0.1) is 6.10 Å². The average molecular weight is 302 g/mol. The lowest BCUT2D eigenvalue weighted by molar-refractivity contribution is -0.122. The molecule has 22 heavy (non-hydrogen) atoms. The van der Waals surface area contributed by atoms with Crippen molar-refractivity contribution in [2.75, 3.05) is 0 Å². The Balaban J connectivity index is 1.70. The lowest BCUT2D eigenvalue weighted by Gasteiger charge is -2.58. The van der Waals surface area contributed by atoms with Crippen LogP contribution in [0, 0.1) is 34.5 Å². The van der Waals surface area contributed by atoms with Crippen molar-refractivity contribution in [3.8, 4) is 0 Å². The van der Waals surface area contributed by atoms with Gasteiger partial charge < -0.3 is 5.11 Å². The number of hydrogen-bond acceptors (Lipinski definition) is 2. The predicted molar refractivity (Wildman–Crippen MR) is 87.3 cm³/mol. The largest absolute Gasteiger partial charge is 0.393 e. The van der Waals surface area contributed by atoms with Crippen molar-refractivity contribution in [3.63, 3.8) is 0 Å². The van der Waals surface area contributed by atoms with E-state index >= 15 is 0 Å². The summed E-state index contributed by atoms with van der Waals surface area (Å²) in [5, 5.41) is 10.5. The standard InChI is InChI=1S/C20H30O2/c1-12-11-20(3)13(10-17(12)21)4-5-14-15-6-7-18(22)19(15,2)9-8-16(14)20/h10,12,14-16,18,22H,4-9,11H2,1-3H3/t12?,14-,15?,16-,18+,19+,20+/m1/s1. The molecular weight excluding hydrogens is 272 g/mol. The molecule has 0 radical (unpaired) electrons. The average Bonchev–Trinajstić information content (AvgIpc) is 2.77. The fourth-order valence-electron chi connectivity index (χ4n) is 6.87. The number of carbonyl (C=O) groups is 1. The highest BCUT2D eigenvalue weighted by Gasteiger charge is 2.59. The van der Waals surface area contributed by atoms with E-state index in [2.05, 4.69) is 20.8 Å². The van der Waals surface area contributed by atoms with Crippen LogP contribution >= 0.6 is 0 Å². The quantitative estimate of drug-likeness (QED) is 0.730. The van der Waals surface area contributed by atoms with E-state index in [0.717, 1.165) is 31.1 Å². The summed E-state index contributed by atoms with van der Waals surface area (Å²) in [6, 6.07) is 0. The summed E-state index contributed by atoms with van der Waals surface area (Å²) >= 11 is 0. The van der Waals surface area contributed by atoms with Crippen molar-refractivity contribution in [1.82, 2.24) is 0 Å². The third-order valence-corrected chi connectivity index (χ3v) is 8.22. The fraction of sp³-hybridized carbons (Fsp3) is 0.850. The monoisotopic (exact) mass is 302 g/mol. The van der Waals surface area contributed by atoms with Crippen LogP contribution in [-0.2, 0) is 4.79 Å². The highest BCUT2D eigenvalue weighted by Crippen LogP contribution is 2.65. The van der Waals surface area contributed by atoms with Crippen LogP contribution in [0.2, 0.25) is 0 Å². The van der Waals surface area contributed by atoms with Gasteiger partial charge in [-0.25, -0.2) is 0 Å². The topological polar surface area (TPSA) is 37.3 Å². The Hall–Kier alpha value is -0.630. The molecule has 0 bridgehead atoms. The van der Waals surface area contributed by atoms with Crippen molar-refractivity contribution in [3.05, 3.63) is 11.6 Å². The zero-order chi connectivity index (χ0) is 15.7. The van der Waals surface area contributed by atoms with Crippen LogP contribution in [0.25, 0.3) is 0 Å². The predicted octanol–water partition coefficient (Wildman–Crippen LogP) is 4.13. The van der Waals surface area contributed by atoms with E-state index in [0.29, 0.717) is 11.7 Å². The summed E-state index contributed by atoms with van der Waals surface area (Å²) in [6.45, 7) is 6.88. The SMILES string of the molecule is CC1C[C@@]2(C)C(=CC1=O)CC[C@@H]1C3CC[C@H](O)[C@@]3(C)CC[C@H]12. The van der Waals surface area contributed by atoms with Gasteiger partial charge in [-0.05, 0) is 79.6 Å². The van der Waals surface area contributed by atoms with Gasteiger partial charge >= 0.3 is 0 Å². The molecule has 4 aliphatic carbocycles. The van der Waals surface area contributed by atoms with Gasteiger partial charge in [-0.2, -0.15) is 0 Å². The second-order valence-electron chi connectivity index (χ2n) is 9.15. The van der Waals surface area contributed by atoms with Gasteiger partial charge in [0, 0.05) is 5.92 Å². The number of aliphatic hydroxyl groups is 1. The Morgan fingerprint density at radius 2 is 1.91 bits per heavy atom. The maximum absolute atomic E-state index is 12.1. The van der Waals surface area contributed by atoms with Crippen LogP contribution in [-0.4, -0.2) is 17.0 Å². The molecule has 0 saturated heterocycles. The van der Waals surface area contributed by atoms with Crippen LogP contribution in [0.5, 0.6) is 0 Å². The van der Waals surface area contributed by atoms with E-state index in [1.54, 1.807) is 0 Å². The summed E-state index contributed by atoms with van der Waals surface area (Å²) in [7, 11) is 0. The first-order valence-corrected chi connectivity index (χ1v) is 9.29. The van der Waals surface area contributed by atoms with Crippen molar-refractivity contribution in [2.24, 2.45) is 34.5 Å². The highest BCUT2D eigenvalue weighted by molar-refractivity contribution is 5.93. The zero-order valence-electron chi connectivity index (χ0n) is 14.3. The molecule has 3 saturated carbocycles. The number of ketones is 1. The molecule has 3 fully saturated rings. The van der Waals surface area contributed by atoms with Crippen LogP contribution in [0.4, 0.5) is 0 Å². The second kappa shape index (κ2) is 4.69. The molecule has 0 aromatic carbocycles. The Labute approximate surface area is 134 Å². The molecule has 0 aromatic heterocycles. The van der Waals surface area contributed by atoms with Crippen molar-refractivity contribution in [2.45, 2.75) is 71.8 Å². The number of rotatable bonds is 0. The first-order chi connectivity index (χ1) is 10.4. The summed E-state index contributed by atoms with van der Waals surface area (Å²) in [6.07, 6.45) is 9.93. The summed E-state index contributed by atoms with van der Waals surface area (Å²) < 4.78 is 0. The number of carbonyl (C=O) groups excluding carboxylic acids is 1. The number of aliphatic hydroxyl groups excluding tert-OH is 1. The minimum absolute atomic E-state index is 0.0879. The third kappa shape index (κ3) is 1.79. The molecule has 122 valence electrons. The normalized spacial score (nSPS) is 54.3. The molecule has 0 aliphatic heterocycles. The van der Waals surface area contributed by atoms with Crippen molar-refractivity contribution in [1.29, 1.82) is 0 Å². The molecule has 0 amide bonds. The van der Waals surface area contributed by atoms with Crippen LogP contribution in [0.3, 0.4) is 0 Å². The Morgan fingerprint density at radius 3 is 2.68 bits per heavy atom. The maximum Gasteiger partial charge on any atom is 0.158 e. The molecule has 4 rings (SSSR count). The van der Waals surface area contributed by atoms with E-state index in [1.807, 2.05) is 6.08 Å². The molecular formula is C20H30O2. The molecule has 2 unspecified atom stereocenters. The van der Waals surface area contributed by atoms with E-state index in [-0.39, 0.29) is 22.9 Å². The summed E-state index contributed by atoms with van der Waals surface area (Å²) in [5.41, 5.74) is 1.85. The Bertz CT molecular complexity index is 536. The van der Waals surface area contributed by atoms with E-state index in [4.69, 9.17) is 0 Å². The van der Waals surface area contributed by atoms with Crippen molar-refractivity contribution >= 4 is 5.78 Å². The lowest BCUT2D eigenvalue weighted by atomic mass is 9.47.